The summed E-state index contributed by atoms with van der Waals surface area (Å²) in [4.78, 5) is 0. The average Bonchev–Trinajstić information content (AvgIpc) is 3.22. The number of rotatable bonds is 7. The molecule has 2 heterocycles. The van der Waals surface area contributed by atoms with Gasteiger partial charge in [-0.25, -0.2) is 0 Å². The molecule has 0 saturated carbocycles. The summed E-state index contributed by atoms with van der Waals surface area (Å²) in [5.74, 6) is 0.302. The van der Waals surface area contributed by atoms with Gasteiger partial charge in [0.15, 0.2) is 5.79 Å². The van der Waals surface area contributed by atoms with Crippen LogP contribution in [0.15, 0.2) is 11.6 Å². The van der Waals surface area contributed by atoms with Crippen LogP contribution >= 0.6 is 0 Å². The van der Waals surface area contributed by atoms with Gasteiger partial charge in [0.1, 0.15) is 0 Å². The second-order valence-electron chi connectivity index (χ2n) is 8.90. The van der Waals surface area contributed by atoms with Crippen molar-refractivity contribution in [3.05, 3.63) is 11.6 Å². The lowest BCUT2D eigenvalue weighted by atomic mass is 9.70. The van der Waals surface area contributed by atoms with E-state index in [2.05, 4.69) is 39.1 Å². The molecule has 4 nitrogen and oxygen atoms in total. The van der Waals surface area contributed by atoms with E-state index in [9.17, 15) is 0 Å². The molecule has 0 aromatic heterocycles. The Balaban J connectivity index is 1.41. The zero-order valence-corrected chi connectivity index (χ0v) is 16.6. The van der Waals surface area contributed by atoms with Crippen LogP contribution in [0, 0.1) is 11.3 Å². The van der Waals surface area contributed by atoms with Crippen molar-refractivity contribution in [2.45, 2.75) is 84.2 Å². The van der Waals surface area contributed by atoms with Gasteiger partial charge < -0.3 is 19.5 Å². The van der Waals surface area contributed by atoms with Gasteiger partial charge in [-0.2, -0.15) is 0 Å². The molecule has 0 aromatic carbocycles. The lowest BCUT2D eigenvalue weighted by Crippen LogP contribution is -2.36. The molecule has 3 atom stereocenters. The van der Waals surface area contributed by atoms with Crippen LogP contribution in [0.2, 0.25) is 0 Å². The Morgan fingerprint density at radius 3 is 2.80 bits per heavy atom. The summed E-state index contributed by atoms with van der Waals surface area (Å²) in [6, 6.07) is 0. The van der Waals surface area contributed by atoms with Gasteiger partial charge in [0.05, 0.1) is 18.8 Å². The molecule has 2 saturated heterocycles. The zero-order valence-electron chi connectivity index (χ0n) is 16.6. The minimum atomic E-state index is -0.351. The standard InChI is InChI=1S/C21H37NO3/c1-16(2)20(3,4)17-7-10-21(11-8-17)24-15-19(25-21)9-12-22-14-18-6-5-13-23-18/h7,16,18-19,22H,5-6,8-15H2,1-4H3. The number of hydrogen-bond donors (Lipinski definition) is 1. The first-order valence-corrected chi connectivity index (χ1v) is 10.2. The Hall–Kier alpha value is -0.420. The van der Waals surface area contributed by atoms with Crippen molar-refractivity contribution < 1.29 is 14.2 Å². The lowest BCUT2D eigenvalue weighted by molar-refractivity contribution is -0.173. The highest BCUT2D eigenvalue weighted by atomic mass is 16.7. The van der Waals surface area contributed by atoms with Crippen molar-refractivity contribution in [1.82, 2.24) is 5.32 Å². The van der Waals surface area contributed by atoms with Crippen LogP contribution in [0.5, 0.6) is 0 Å². The quantitative estimate of drug-likeness (QED) is 0.555. The Morgan fingerprint density at radius 1 is 1.32 bits per heavy atom. The van der Waals surface area contributed by atoms with Crippen molar-refractivity contribution in [3.63, 3.8) is 0 Å². The third kappa shape index (κ3) is 4.65. The fraction of sp³-hybridized carbons (Fsp3) is 0.905. The largest absolute Gasteiger partial charge is 0.377 e. The van der Waals surface area contributed by atoms with E-state index in [-0.39, 0.29) is 17.3 Å². The monoisotopic (exact) mass is 351 g/mol. The highest BCUT2D eigenvalue weighted by Crippen LogP contribution is 2.45. The summed E-state index contributed by atoms with van der Waals surface area (Å²) in [5, 5.41) is 3.51. The highest BCUT2D eigenvalue weighted by molar-refractivity contribution is 5.18. The van der Waals surface area contributed by atoms with E-state index in [4.69, 9.17) is 14.2 Å². The molecule has 2 aliphatic heterocycles. The van der Waals surface area contributed by atoms with E-state index in [0.29, 0.717) is 12.0 Å². The lowest BCUT2D eigenvalue weighted by Gasteiger charge is -2.39. The predicted octanol–water partition coefficient (Wildman–Crippen LogP) is 4.05. The molecular weight excluding hydrogens is 314 g/mol. The maximum Gasteiger partial charge on any atom is 0.172 e. The van der Waals surface area contributed by atoms with E-state index in [1.54, 1.807) is 5.57 Å². The number of nitrogens with one attached hydrogen (secondary N) is 1. The Kier molecular flexibility index (Phi) is 6.25. The fourth-order valence-corrected chi connectivity index (χ4v) is 4.09. The molecule has 0 bridgehead atoms. The van der Waals surface area contributed by atoms with E-state index in [1.165, 1.54) is 12.8 Å². The maximum absolute atomic E-state index is 6.35. The molecule has 0 amide bonds. The van der Waals surface area contributed by atoms with Gasteiger partial charge >= 0.3 is 0 Å². The Morgan fingerprint density at radius 2 is 2.16 bits per heavy atom. The molecule has 3 rings (SSSR count). The van der Waals surface area contributed by atoms with Gasteiger partial charge in [0, 0.05) is 26.0 Å². The molecule has 0 aromatic rings. The van der Waals surface area contributed by atoms with E-state index < -0.39 is 0 Å². The van der Waals surface area contributed by atoms with E-state index in [0.717, 1.165) is 52.0 Å². The second-order valence-corrected chi connectivity index (χ2v) is 8.90. The second kappa shape index (κ2) is 8.08. The summed E-state index contributed by atoms with van der Waals surface area (Å²) < 4.78 is 18.1. The summed E-state index contributed by atoms with van der Waals surface area (Å²) in [5.41, 5.74) is 1.84. The average molecular weight is 352 g/mol. The number of allylic oxidation sites excluding steroid dienone is 1. The van der Waals surface area contributed by atoms with Gasteiger partial charge in [-0.15, -0.1) is 0 Å². The van der Waals surface area contributed by atoms with Crippen LogP contribution in [-0.4, -0.2) is 44.3 Å². The summed E-state index contributed by atoms with van der Waals surface area (Å²) in [6.45, 7) is 13.0. The van der Waals surface area contributed by atoms with Crippen molar-refractivity contribution in [1.29, 1.82) is 0 Å². The van der Waals surface area contributed by atoms with Gasteiger partial charge in [-0.3, -0.25) is 0 Å². The van der Waals surface area contributed by atoms with Gasteiger partial charge in [0.25, 0.3) is 0 Å². The van der Waals surface area contributed by atoms with Crippen LogP contribution in [-0.2, 0) is 14.2 Å². The van der Waals surface area contributed by atoms with Crippen LogP contribution in [0.1, 0.15) is 66.2 Å². The third-order valence-corrected chi connectivity index (χ3v) is 6.66. The van der Waals surface area contributed by atoms with E-state index in [1.807, 2.05) is 0 Å². The van der Waals surface area contributed by atoms with Gasteiger partial charge in [-0.05, 0) is 43.6 Å². The first-order chi connectivity index (χ1) is 11.9. The first kappa shape index (κ1) is 19.3. The molecule has 3 unspecified atom stereocenters. The Labute approximate surface area is 153 Å². The van der Waals surface area contributed by atoms with Crippen LogP contribution in [0.4, 0.5) is 0 Å². The van der Waals surface area contributed by atoms with Gasteiger partial charge in [-0.1, -0.05) is 39.3 Å². The van der Waals surface area contributed by atoms with Crippen LogP contribution in [0.3, 0.4) is 0 Å². The molecule has 25 heavy (non-hydrogen) atoms. The molecule has 1 spiro atoms. The molecule has 1 N–H and O–H groups in total. The fourth-order valence-electron chi connectivity index (χ4n) is 4.09. The number of hydrogen-bond acceptors (Lipinski definition) is 4. The van der Waals surface area contributed by atoms with Crippen molar-refractivity contribution in [2.75, 3.05) is 26.3 Å². The molecular formula is C21H37NO3. The topological polar surface area (TPSA) is 39.7 Å². The minimum absolute atomic E-state index is 0.227. The molecule has 0 radical (unpaired) electrons. The predicted molar refractivity (Wildman–Crippen MR) is 101 cm³/mol. The van der Waals surface area contributed by atoms with Crippen LogP contribution in [0.25, 0.3) is 0 Å². The molecule has 4 heteroatoms. The van der Waals surface area contributed by atoms with Crippen LogP contribution < -0.4 is 5.32 Å². The SMILES string of the molecule is CC(C)C(C)(C)C1=CCC2(CC1)OCC(CCNCC1CCCO1)O2. The molecule has 3 aliphatic rings. The normalized spacial score (nSPS) is 33.4. The first-order valence-electron chi connectivity index (χ1n) is 10.2. The summed E-state index contributed by atoms with van der Waals surface area (Å²) >= 11 is 0. The van der Waals surface area contributed by atoms with E-state index >= 15 is 0 Å². The smallest absolute Gasteiger partial charge is 0.172 e. The van der Waals surface area contributed by atoms with Crippen molar-refractivity contribution in [3.8, 4) is 0 Å². The molecule has 144 valence electrons. The summed E-state index contributed by atoms with van der Waals surface area (Å²) in [6.07, 6.45) is 9.44. The van der Waals surface area contributed by atoms with Crippen molar-refractivity contribution in [2.24, 2.45) is 11.3 Å². The van der Waals surface area contributed by atoms with Crippen molar-refractivity contribution >= 4 is 0 Å². The Bertz CT molecular complexity index is 468. The zero-order chi connectivity index (χ0) is 17.9. The maximum atomic E-state index is 6.35. The highest BCUT2D eigenvalue weighted by Gasteiger charge is 2.43. The van der Waals surface area contributed by atoms with Gasteiger partial charge in [0.2, 0.25) is 0 Å². The molecule has 1 aliphatic carbocycles. The summed E-state index contributed by atoms with van der Waals surface area (Å²) in [7, 11) is 0. The number of ether oxygens (including phenoxy) is 3. The third-order valence-electron chi connectivity index (χ3n) is 6.66. The minimum Gasteiger partial charge on any atom is -0.377 e. The molecule has 2 fully saturated rings.